The highest BCUT2D eigenvalue weighted by molar-refractivity contribution is 5.84. The zero-order valence-corrected chi connectivity index (χ0v) is 13.7. The van der Waals surface area contributed by atoms with Gasteiger partial charge < -0.3 is 20.3 Å². The molecule has 0 atom stereocenters. The standard InChI is InChI=1S/C16H29N3O3/c1-22-13-16(6-9-17-10-7-16)15(21)18-8-5-14(20)19-11-3-2-4-12-19/h17H,2-13H2,1H3,(H,18,21). The lowest BCUT2D eigenvalue weighted by Gasteiger charge is -2.35. The van der Waals surface area contributed by atoms with E-state index < -0.39 is 5.41 Å². The number of likely N-dealkylation sites (tertiary alicyclic amines) is 1. The Morgan fingerprint density at radius 3 is 2.50 bits per heavy atom. The molecule has 0 aromatic rings. The molecule has 2 aliphatic heterocycles. The van der Waals surface area contributed by atoms with Gasteiger partial charge in [0, 0.05) is 33.2 Å². The maximum Gasteiger partial charge on any atom is 0.228 e. The molecule has 6 nitrogen and oxygen atoms in total. The highest BCUT2D eigenvalue weighted by Crippen LogP contribution is 2.29. The van der Waals surface area contributed by atoms with E-state index in [9.17, 15) is 9.59 Å². The van der Waals surface area contributed by atoms with Gasteiger partial charge in [0.25, 0.3) is 0 Å². The summed E-state index contributed by atoms with van der Waals surface area (Å²) < 4.78 is 5.26. The summed E-state index contributed by atoms with van der Waals surface area (Å²) in [5.41, 5.74) is -0.436. The van der Waals surface area contributed by atoms with Gasteiger partial charge in [-0.05, 0) is 45.2 Å². The van der Waals surface area contributed by atoms with Crippen molar-refractivity contribution in [1.29, 1.82) is 0 Å². The van der Waals surface area contributed by atoms with Gasteiger partial charge in [-0.15, -0.1) is 0 Å². The molecule has 0 aliphatic carbocycles. The number of rotatable bonds is 6. The molecule has 0 bridgehead atoms. The number of hydrogen-bond acceptors (Lipinski definition) is 4. The van der Waals surface area contributed by atoms with Crippen LogP contribution in [0, 0.1) is 5.41 Å². The third kappa shape index (κ3) is 4.43. The summed E-state index contributed by atoms with van der Waals surface area (Å²) in [6.07, 6.45) is 5.38. The second kappa shape index (κ2) is 8.48. The second-order valence-electron chi connectivity index (χ2n) is 6.41. The molecule has 126 valence electrons. The largest absolute Gasteiger partial charge is 0.384 e. The van der Waals surface area contributed by atoms with E-state index in [4.69, 9.17) is 4.74 Å². The minimum absolute atomic E-state index is 0.0299. The Balaban J connectivity index is 1.76. The normalized spacial score (nSPS) is 21.4. The lowest BCUT2D eigenvalue weighted by atomic mass is 9.78. The van der Waals surface area contributed by atoms with Gasteiger partial charge >= 0.3 is 0 Å². The first kappa shape index (κ1) is 17.2. The van der Waals surface area contributed by atoms with Gasteiger partial charge in [0.1, 0.15) is 0 Å². The number of amides is 2. The molecule has 0 saturated carbocycles. The number of ether oxygens (including phenoxy) is 1. The van der Waals surface area contributed by atoms with Gasteiger partial charge in [0.15, 0.2) is 0 Å². The lowest BCUT2D eigenvalue weighted by Crippen LogP contribution is -2.50. The third-order valence-corrected chi connectivity index (χ3v) is 4.80. The van der Waals surface area contributed by atoms with Crippen LogP contribution in [0.5, 0.6) is 0 Å². The number of carbonyl (C=O) groups excluding carboxylic acids is 2. The van der Waals surface area contributed by atoms with E-state index in [0.717, 1.165) is 51.9 Å². The minimum atomic E-state index is -0.436. The molecule has 6 heteroatoms. The molecule has 2 saturated heterocycles. The van der Waals surface area contributed by atoms with Crippen LogP contribution in [0.1, 0.15) is 38.5 Å². The molecular weight excluding hydrogens is 282 g/mol. The molecule has 2 aliphatic rings. The molecule has 22 heavy (non-hydrogen) atoms. The summed E-state index contributed by atoms with van der Waals surface area (Å²) in [6.45, 7) is 4.28. The second-order valence-corrected chi connectivity index (χ2v) is 6.41. The molecule has 0 aromatic carbocycles. The number of carbonyl (C=O) groups is 2. The molecular formula is C16H29N3O3. The summed E-state index contributed by atoms with van der Waals surface area (Å²) in [4.78, 5) is 26.5. The maximum absolute atomic E-state index is 12.5. The van der Waals surface area contributed by atoms with Crippen molar-refractivity contribution in [2.45, 2.75) is 38.5 Å². The van der Waals surface area contributed by atoms with Gasteiger partial charge in [-0.2, -0.15) is 0 Å². The van der Waals surface area contributed by atoms with Gasteiger partial charge in [0.2, 0.25) is 11.8 Å². The predicted molar refractivity (Wildman–Crippen MR) is 84.5 cm³/mol. The van der Waals surface area contributed by atoms with Crippen LogP contribution in [0.4, 0.5) is 0 Å². The average Bonchev–Trinajstić information content (AvgIpc) is 2.56. The average molecular weight is 311 g/mol. The molecule has 2 fully saturated rings. The first-order valence-corrected chi connectivity index (χ1v) is 8.44. The number of piperidine rings is 2. The number of methoxy groups -OCH3 is 1. The highest BCUT2D eigenvalue weighted by Gasteiger charge is 2.39. The SMILES string of the molecule is COCC1(C(=O)NCCC(=O)N2CCCCC2)CCNCC1. The molecule has 2 N–H and O–H groups in total. The topological polar surface area (TPSA) is 70.7 Å². The van der Waals surface area contributed by atoms with Gasteiger partial charge in [-0.25, -0.2) is 0 Å². The van der Waals surface area contributed by atoms with E-state index in [-0.39, 0.29) is 11.8 Å². The Morgan fingerprint density at radius 2 is 1.86 bits per heavy atom. The van der Waals surface area contributed by atoms with Crippen molar-refractivity contribution in [3.63, 3.8) is 0 Å². The smallest absolute Gasteiger partial charge is 0.228 e. The van der Waals surface area contributed by atoms with Crippen molar-refractivity contribution >= 4 is 11.8 Å². The van der Waals surface area contributed by atoms with Crippen molar-refractivity contribution in [2.24, 2.45) is 5.41 Å². The Hall–Kier alpha value is -1.14. The van der Waals surface area contributed by atoms with Gasteiger partial charge in [-0.1, -0.05) is 0 Å². The van der Waals surface area contributed by atoms with Crippen LogP contribution in [0.25, 0.3) is 0 Å². The molecule has 0 unspecified atom stereocenters. The fourth-order valence-corrected chi connectivity index (χ4v) is 3.39. The van der Waals surface area contributed by atoms with E-state index in [2.05, 4.69) is 10.6 Å². The molecule has 2 heterocycles. The van der Waals surface area contributed by atoms with Crippen LogP contribution in [-0.4, -0.2) is 63.2 Å². The van der Waals surface area contributed by atoms with E-state index >= 15 is 0 Å². The van der Waals surface area contributed by atoms with Crippen LogP contribution < -0.4 is 10.6 Å². The van der Waals surface area contributed by atoms with Gasteiger partial charge in [-0.3, -0.25) is 9.59 Å². The highest BCUT2D eigenvalue weighted by atomic mass is 16.5. The Morgan fingerprint density at radius 1 is 1.18 bits per heavy atom. The lowest BCUT2D eigenvalue weighted by molar-refractivity contribution is -0.136. The van der Waals surface area contributed by atoms with Crippen LogP contribution in [0.15, 0.2) is 0 Å². The van der Waals surface area contributed by atoms with Crippen LogP contribution in [0.2, 0.25) is 0 Å². The monoisotopic (exact) mass is 311 g/mol. The fourth-order valence-electron chi connectivity index (χ4n) is 3.39. The summed E-state index contributed by atoms with van der Waals surface area (Å²) in [7, 11) is 1.64. The molecule has 2 amide bonds. The molecule has 2 rings (SSSR count). The zero-order valence-electron chi connectivity index (χ0n) is 13.7. The van der Waals surface area contributed by atoms with Crippen LogP contribution >= 0.6 is 0 Å². The van der Waals surface area contributed by atoms with E-state index in [0.29, 0.717) is 19.6 Å². The van der Waals surface area contributed by atoms with Crippen molar-refractivity contribution in [3.05, 3.63) is 0 Å². The number of hydrogen-bond donors (Lipinski definition) is 2. The minimum Gasteiger partial charge on any atom is -0.384 e. The van der Waals surface area contributed by atoms with E-state index in [1.54, 1.807) is 7.11 Å². The predicted octanol–water partition coefficient (Wildman–Crippen LogP) is 0.521. The maximum atomic E-state index is 12.5. The summed E-state index contributed by atoms with van der Waals surface area (Å²) >= 11 is 0. The molecule has 0 radical (unpaired) electrons. The Labute approximate surface area is 132 Å². The first-order valence-electron chi connectivity index (χ1n) is 8.44. The summed E-state index contributed by atoms with van der Waals surface area (Å²) in [5, 5.41) is 6.23. The van der Waals surface area contributed by atoms with Crippen molar-refractivity contribution in [2.75, 3.05) is 46.4 Å². The summed E-state index contributed by atoms with van der Waals surface area (Å²) in [5.74, 6) is 0.188. The fraction of sp³-hybridized carbons (Fsp3) is 0.875. The van der Waals surface area contributed by atoms with Gasteiger partial charge in [0.05, 0.1) is 12.0 Å². The van der Waals surface area contributed by atoms with Crippen LogP contribution in [0.3, 0.4) is 0 Å². The Kier molecular flexibility index (Phi) is 6.64. The van der Waals surface area contributed by atoms with E-state index in [1.165, 1.54) is 6.42 Å². The van der Waals surface area contributed by atoms with Crippen molar-refractivity contribution in [3.8, 4) is 0 Å². The van der Waals surface area contributed by atoms with Crippen molar-refractivity contribution in [1.82, 2.24) is 15.5 Å². The Bertz CT molecular complexity index is 369. The third-order valence-electron chi connectivity index (χ3n) is 4.80. The quantitative estimate of drug-likeness (QED) is 0.750. The summed E-state index contributed by atoms with van der Waals surface area (Å²) in [6, 6.07) is 0. The molecule has 0 aromatic heterocycles. The number of nitrogens with zero attached hydrogens (tertiary/aromatic N) is 1. The van der Waals surface area contributed by atoms with Crippen molar-refractivity contribution < 1.29 is 14.3 Å². The molecule has 0 spiro atoms. The number of nitrogens with one attached hydrogen (secondary N) is 2. The van der Waals surface area contributed by atoms with E-state index in [1.807, 2.05) is 4.90 Å². The zero-order chi connectivity index (χ0) is 15.8. The first-order chi connectivity index (χ1) is 10.7. The van der Waals surface area contributed by atoms with Crippen LogP contribution in [-0.2, 0) is 14.3 Å².